The summed E-state index contributed by atoms with van der Waals surface area (Å²) in [6, 6.07) is 6.72. The molecule has 1 saturated heterocycles. The summed E-state index contributed by atoms with van der Waals surface area (Å²) < 4.78 is 14.3. The Kier molecular flexibility index (Phi) is 6.35. The van der Waals surface area contributed by atoms with Gasteiger partial charge in [0.2, 0.25) is 0 Å². The highest BCUT2D eigenvalue weighted by molar-refractivity contribution is 9.10. The first-order chi connectivity index (χ1) is 13.7. The summed E-state index contributed by atoms with van der Waals surface area (Å²) in [4.78, 5) is 15.2. The van der Waals surface area contributed by atoms with Crippen molar-refractivity contribution in [3.8, 4) is 0 Å². The number of methoxy groups -OCH3 is 1. The van der Waals surface area contributed by atoms with Crippen LogP contribution in [0.2, 0.25) is 0 Å². The van der Waals surface area contributed by atoms with Gasteiger partial charge in [-0.3, -0.25) is 4.79 Å². The van der Waals surface area contributed by atoms with Crippen molar-refractivity contribution >= 4 is 32.7 Å². The standard InChI is InChI=1S/C21H28BrN3O3/c1-27-9-2-8-24-13-15(18-11-16(22)3-6-19(18)24)14-25(17-4-5-17)21(26)20-12-23-7-10-28-20/h3,6,11,13,17,20,23H,2,4-5,7-10,12,14H2,1H3. The van der Waals surface area contributed by atoms with Gasteiger partial charge in [0, 0.05) is 67.5 Å². The van der Waals surface area contributed by atoms with Crippen molar-refractivity contribution in [3.05, 3.63) is 34.4 Å². The lowest BCUT2D eigenvalue weighted by atomic mass is 10.1. The number of halogens is 1. The van der Waals surface area contributed by atoms with Crippen molar-refractivity contribution in [1.82, 2.24) is 14.8 Å². The Hall–Kier alpha value is -1.41. The number of carbonyl (C=O) groups excluding carboxylic acids is 1. The number of nitrogens with one attached hydrogen (secondary N) is 1. The maximum Gasteiger partial charge on any atom is 0.253 e. The van der Waals surface area contributed by atoms with Crippen molar-refractivity contribution in [1.29, 1.82) is 0 Å². The van der Waals surface area contributed by atoms with E-state index < -0.39 is 0 Å². The molecular weight excluding hydrogens is 422 g/mol. The third kappa shape index (κ3) is 4.43. The third-order valence-corrected chi connectivity index (χ3v) is 5.98. The van der Waals surface area contributed by atoms with Gasteiger partial charge >= 0.3 is 0 Å². The molecule has 1 aromatic carbocycles. The van der Waals surface area contributed by atoms with Crippen LogP contribution in [0.25, 0.3) is 10.9 Å². The molecule has 1 aromatic heterocycles. The van der Waals surface area contributed by atoms with Crippen molar-refractivity contribution in [2.45, 2.75) is 44.5 Å². The number of hydrogen-bond donors (Lipinski definition) is 1. The summed E-state index contributed by atoms with van der Waals surface area (Å²) in [6.45, 7) is 4.29. The number of aryl methyl sites for hydroxylation is 1. The highest BCUT2D eigenvalue weighted by atomic mass is 79.9. The first-order valence-corrected chi connectivity index (χ1v) is 10.9. The Morgan fingerprint density at radius 1 is 1.43 bits per heavy atom. The largest absolute Gasteiger partial charge is 0.385 e. The topological polar surface area (TPSA) is 55.7 Å². The summed E-state index contributed by atoms with van der Waals surface area (Å²) in [5.41, 5.74) is 2.39. The second kappa shape index (κ2) is 8.95. The minimum Gasteiger partial charge on any atom is -0.385 e. The molecule has 1 atom stereocenters. The van der Waals surface area contributed by atoms with E-state index in [4.69, 9.17) is 9.47 Å². The van der Waals surface area contributed by atoms with Gasteiger partial charge < -0.3 is 24.3 Å². The number of carbonyl (C=O) groups is 1. The Bertz CT molecular complexity index is 828. The summed E-state index contributed by atoms with van der Waals surface area (Å²) in [7, 11) is 1.73. The van der Waals surface area contributed by atoms with Gasteiger partial charge in [-0.05, 0) is 43.0 Å². The number of amides is 1. The van der Waals surface area contributed by atoms with E-state index in [9.17, 15) is 4.79 Å². The van der Waals surface area contributed by atoms with Crippen LogP contribution in [-0.4, -0.2) is 60.9 Å². The van der Waals surface area contributed by atoms with Crippen molar-refractivity contribution in [2.24, 2.45) is 0 Å². The van der Waals surface area contributed by atoms with Gasteiger partial charge in [-0.25, -0.2) is 0 Å². The van der Waals surface area contributed by atoms with Gasteiger partial charge in [0.1, 0.15) is 6.10 Å². The van der Waals surface area contributed by atoms with Crippen LogP contribution in [-0.2, 0) is 27.4 Å². The smallest absolute Gasteiger partial charge is 0.253 e. The summed E-state index contributed by atoms with van der Waals surface area (Å²) in [5.74, 6) is 0.116. The van der Waals surface area contributed by atoms with E-state index in [1.54, 1.807) is 7.11 Å². The first kappa shape index (κ1) is 19.9. The lowest BCUT2D eigenvalue weighted by Crippen LogP contribution is -2.49. The van der Waals surface area contributed by atoms with Gasteiger partial charge in [0.05, 0.1) is 6.61 Å². The van der Waals surface area contributed by atoms with Gasteiger partial charge in [0.25, 0.3) is 5.91 Å². The predicted octanol–water partition coefficient (Wildman–Crippen LogP) is 2.92. The molecule has 28 heavy (non-hydrogen) atoms. The Morgan fingerprint density at radius 3 is 3.00 bits per heavy atom. The van der Waals surface area contributed by atoms with Crippen LogP contribution in [0.4, 0.5) is 0 Å². The minimum atomic E-state index is -0.365. The van der Waals surface area contributed by atoms with Crippen LogP contribution in [0, 0.1) is 0 Å². The molecular formula is C21H28BrN3O3. The summed E-state index contributed by atoms with van der Waals surface area (Å²) in [5, 5.41) is 4.47. The zero-order chi connectivity index (χ0) is 19.5. The lowest BCUT2D eigenvalue weighted by Gasteiger charge is -2.30. The normalized spacial score (nSPS) is 19.9. The number of fused-ring (bicyclic) bond motifs is 1. The summed E-state index contributed by atoms with van der Waals surface area (Å²) >= 11 is 3.60. The number of hydrogen-bond acceptors (Lipinski definition) is 4. The molecule has 6 nitrogen and oxygen atoms in total. The number of nitrogens with zero attached hydrogens (tertiary/aromatic N) is 2. The molecule has 1 saturated carbocycles. The molecule has 1 N–H and O–H groups in total. The average molecular weight is 450 g/mol. The molecule has 2 fully saturated rings. The number of ether oxygens (including phenoxy) is 2. The third-order valence-electron chi connectivity index (χ3n) is 5.49. The zero-order valence-electron chi connectivity index (χ0n) is 16.3. The van der Waals surface area contributed by atoms with Crippen LogP contribution in [0.5, 0.6) is 0 Å². The molecule has 1 aliphatic carbocycles. The van der Waals surface area contributed by atoms with E-state index in [1.165, 1.54) is 16.5 Å². The average Bonchev–Trinajstić information content (AvgIpc) is 3.50. The second-order valence-corrected chi connectivity index (χ2v) is 8.53. The van der Waals surface area contributed by atoms with Gasteiger partial charge in [0.15, 0.2) is 0 Å². The molecule has 0 bridgehead atoms. The van der Waals surface area contributed by atoms with E-state index in [-0.39, 0.29) is 12.0 Å². The Labute approximate surface area is 174 Å². The van der Waals surface area contributed by atoms with Gasteiger partial charge in [-0.1, -0.05) is 15.9 Å². The number of rotatable bonds is 8. The number of morpholine rings is 1. The lowest BCUT2D eigenvalue weighted by molar-refractivity contribution is -0.146. The monoisotopic (exact) mass is 449 g/mol. The van der Waals surface area contributed by atoms with Crippen molar-refractivity contribution < 1.29 is 14.3 Å². The van der Waals surface area contributed by atoms with Crippen molar-refractivity contribution in [2.75, 3.05) is 33.4 Å². The molecule has 2 aromatic rings. The fourth-order valence-corrected chi connectivity index (χ4v) is 4.26. The van der Waals surface area contributed by atoms with Gasteiger partial charge in [-0.2, -0.15) is 0 Å². The summed E-state index contributed by atoms with van der Waals surface area (Å²) in [6.07, 6.45) is 4.97. The highest BCUT2D eigenvalue weighted by Gasteiger charge is 2.37. The fraction of sp³-hybridized carbons (Fsp3) is 0.571. The van der Waals surface area contributed by atoms with Crippen LogP contribution in [0.15, 0.2) is 28.9 Å². The molecule has 1 amide bonds. The molecule has 4 rings (SSSR count). The zero-order valence-corrected chi connectivity index (χ0v) is 17.9. The molecule has 1 unspecified atom stereocenters. The first-order valence-electron chi connectivity index (χ1n) is 10.1. The van der Waals surface area contributed by atoms with E-state index in [1.807, 2.05) is 4.90 Å². The maximum absolute atomic E-state index is 13.1. The molecule has 1 aliphatic heterocycles. The van der Waals surface area contributed by atoms with Crippen molar-refractivity contribution in [3.63, 3.8) is 0 Å². The van der Waals surface area contributed by atoms with Crippen LogP contribution in [0.3, 0.4) is 0 Å². The Balaban J connectivity index is 1.59. The number of aromatic nitrogens is 1. The fourth-order valence-electron chi connectivity index (χ4n) is 3.90. The molecule has 2 aliphatic rings. The van der Waals surface area contributed by atoms with Crippen LogP contribution < -0.4 is 5.32 Å². The molecule has 2 heterocycles. The molecule has 0 radical (unpaired) electrons. The molecule has 0 spiro atoms. The number of benzene rings is 1. The van der Waals surface area contributed by atoms with E-state index in [0.717, 1.165) is 43.4 Å². The van der Waals surface area contributed by atoms with E-state index in [0.29, 0.717) is 25.7 Å². The minimum absolute atomic E-state index is 0.116. The quantitative estimate of drug-likeness (QED) is 0.629. The highest BCUT2D eigenvalue weighted by Crippen LogP contribution is 2.32. The molecule has 7 heteroatoms. The maximum atomic E-state index is 13.1. The van der Waals surface area contributed by atoms with Gasteiger partial charge in [-0.15, -0.1) is 0 Å². The predicted molar refractivity (Wildman–Crippen MR) is 112 cm³/mol. The van der Waals surface area contributed by atoms with E-state index >= 15 is 0 Å². The molecule has 152 valence electrons. The SMILES string of the molecule is COCCCn1cc(CN(C(=O)C2CNCCO2)C2CC2)c2cc(Br)ccc21. The van der Waals surface area contributed by atoms with E-state index in [2.05, 4.69) is 50.2 Å². The van der Waals surface area contributed by atoms with Crippen LogP contribution in [0.1, 0.15) is 24.8 Å². The Morgan fingerprint density at radius 2 is 2.29 bits per heavy atom. The van der Waals surface area contributed by atoms with Crippen LogP contribution >= 0.6 is 15.9 Å². The second-order valence-electron chi connectivity index (χ2n) is 7.62.